The van der Waals surface area contributed by atoms with Gasteiger partial charge in [0, 0.05) is 31.6 Å². The van der Waals surface area contributed by atoms with Crippen molar-refractivity contribution < 1.29 is 22.8 Å². The molecular formula is C23H21F3N4O3. The van der Waals surface area contributed by atoms with E-state index in [1.165, 1.54) is 30.3 Å². The first-order chi connectivity index (χ1) is 15.7. The van der Waals surface area contributed by atoms with E-state index in [1.54, 1.807) is 4.90 Å². The van der Waals surface area contributed by atoms with Gasteiger partial charge in [0.25, 0.3) is 11.5 Å². The first-order valence-corrected chi connectivity index (χ1v) is 10.5. The monoisotopic (exact) mass is 458 g/mol. The Kier molecular flexibility index (Phi) is 6.17. The molecule has 7 nitrogen and oxygen atoms in total. The molecule has 0 radical (unpaired) electrons. The fourth-order valence-corrected chi connectivity index (χ4v) is 3.79. The van der Waals surface area contributed by atoms with Crippen LogP contribution in [0.5, 0.6) is 0 Å². The molecule has 172 valence electrons. The fraction of sp³-hybridized carbons (Fsp3) is 0.304. The van der Waals surface area contributed by atoms with E-state index in [0.717, 1.165) is 36.0 Å². The summed E-state index contributed by atoms with van der Waals surface area (Å²) in [6.45, 7) is 1.74. The molecule has 1 fully saturated rings. The van der Waals surface area contributed by atoms with Gasteiger partial charge in [-0.3, -0.25) is 19.0 Å². The molecule has 2 heterocycles. The van der Waals surface area contributed by atoms with Crippen molar-refractivity contribution >= 4 is 22.7 Å². The summed E-state index contributed by atoms with van der Waals surface area (Å²) in [4.78, 5) is 42.8. The Morgan fingerprint density at radius 2 is 1.94 bits per heavy atom. The van der Waals surface area contributed by atoms with Crippen LogP contribution in [-0.2, 0) is 11.0 Å². The van der Waals surface area contributed by atoms with Crippen LogP contribution in [0.15, 0.2) is 53.6 Å². The molecule has 0 spiro atoms. The van der Waals surface area contributed by atoms with E-state index in [0.29, 0.717) is 31.5 Å². The van der Waals surface area contributed by atoms with Gasteiger partial charge in [-0.2, -0.15) is 13.2 Å². The van der Waals surface area contributed by atoms with Crippen LogP contribution >= 0.6 is 0 Å². The summed E-state index contributed by atoms with van der Waals surface area (Å²) >= 11 is 0. The van der Waals surface area contributed by atoms with Crippen LogP contribution in [-0.4, -0.2) is 45.9 Å². The Bertz CT molecular complexity index is 1270. The summed E-state index contributed by atoms with van der Waals surface area (Å²) in [6.07, 6.45) is -1.31. The quantitative estimate of drug-likeness (QED) is 0.576. The van der Waals surface area contributed by atoms with Crippen LogP contribution in [0.1, 0.15) is 35.2 Å². The van der Waals surface area contributed by atoms with Crippen LogP contribution in [0.4, 0.5) is 13.2 Å². The largest absolute Gasteiger partial charge is 0.416 e. The third kappa shape index (κ3) is 4.89. The van der Waals surface area contributed by atoms with Gasteiger partial charge in [0.1, 0.15) is 6.33 Å². The second-order valence-corrected chi connectivity index (χ2v) is 7.79. The fourth-order valence-electron chi connectivity index (χ4n) is 3.79. The van der Waals surface area contributed by atoms with Crippen molar-refractivity contribution in [1.29, 1.82) is 0 Å². The predicted octanol–water partition coefficient (Wildman–Crippen LogP) is 3.15. The number of likely N-dealkylation sites (tertiary alicyclic amines) is 1. The van der Waals surface area contributed by atoms with Gasteiger partial charge in [0.2, 0.25) is 5.91 Å². The number of fused-ring (bicyclic) bond motifs is 1. The molecular weight excluding hydrogens is 437 g/mol. The number of amides is 2. The molecule has 2 aromatic carbocycles. The molecule has 33 heavy (non-hydrogen) atoms. The lowest BCUT2D eigenvalue weighted by Crippen LogP contribution is -2.30. The number of carbonyl (C=O) groups excluding carboxylic acids is 2. The lowest BCUT2D eigenvalue weighted by molar-refractivity contribution is -0.137. The topological polar surface area (TPSA) is 84.3 Å². The second kappa shape index (κ2) is 9.05. The maximum absolute atomic E-state index is 13.0. The van der Waals surface area contributed by atoms with Gasteiger partial charge >= 0.3 is 6.18 Å². The summed E-state index contributed by atoms with van der Waals surface area (Å²) in [7, 11) is 0. The van der Waals surface area contributed by atoms with E-state index in [4.69, 9.17) is 0 Å². The van der Waals surface area contributed by atoms with Crippen LogP contribution in [0.25, 0.3) is 16.6 Å². The molecule has 0 aliphatic carbocycles. The SMILES string of the molecule is O=C(NCCCN1CCCC1=O)c1ccc2c(=O)n(-c3cccc(C(F)(F)F)c3)cnc2c1. The summed E-state index contributed by atoms with van der Waals surface area (Å²) in [5, 5.41) is 2.96. The van der Waals surface area contributed by atoms with Gasteiger partial charge in [-0.05, 0) is 49.2 Å². The Morgan fingerprint density at radius 1 is 1.12 bits per heavy atom. The maximum Gasteiger partial charge on any atom is 0.416 e. The molecule has 3 aromatic rings. The number of carbonyl (C=O) groups is 2. The average molecular weight is 458 g/mol. The summed E-state index contributed by atoms with van der Waals surface area (Å²) in [6, 6.07) is 8.80. The summed E-state index contributed by atoms with van der Waals surface area (Å²) in [5.74, 6) is -0.203. The number of hydrogen-bond acceptors (Lipinski definition) is 4. The number of nitrogens with zero attached hydrogens (tertiary/aromatic N) is 3. The number of rotatable bonds is 6. The van der Waals surface area contributed by atoms with Crippen molar-refractivity contribution in [3.8, 4) is 5.69 Å². The maximum atomic E-state index is 13.0. The molecule has 1 saturated heterocycles. The van der Waals surface area contributed by atoms with E-state index in [9.17, 15) is 27.6 Å². The highest BCUT2D eigenvalue weighted by molar-refractivity contribution is 5.97. The van der Waals surface area contributed by atoms with E-state index < -0.39 is 17.3 Å². The first kappa shape index (κ1) is 22.5. The minimum atomic E-state index is -4.53. The molecule has 0 unspecified atom stereocenters. The van der Waals surface area contributed by atoms with E-state index in [1.807, 2.05) is 0 Å². The summed E-state index contributed by atoms with van der Waals surface area (Å²) in [5.41, 5.74) is -0.792. The Labute approximate surface area is 186 Å². The number of halogens is 3. The number of hydrogen-bond donors (Lipinski definition) is 1. The van der Waals surface area contributed by atoms with Gasteiger partial charge < -0.3 is 10.2 Å². The van der Waals surface area contributed by atoms with E-state index in [-0.39, 0.29) is 28.4 Å². The van der Waals surface area contributed by atoms with Gasteiger partial charge in [-0.1, -0.05) is 6.07 Å². The minimum Gasteiger partial charge on any atom is -0.352 e. The average Bonchev–Trinajstić information content (AvgIpc) is 3.20. The number of nitrogens with one attached hydrogen (secondary N) is 1. The van der Waals surface area contributed by atoms with Crippen molar-refractivity contribution in [2.75, 3.05) is 19.6 Å². The Hall–Kier alpha value is -3.69. The predicted molar refractivity (Wildman–Crippen MR) is 115 cm³/mol. The van der Waals surface area contributed by atoms with E-state index in [2.05, 4.69) is 10.3 Å². The molecule has 1 aromatic heterocycles. The molecule has 0 atom stereocenters. The van der Waals surface area contributed by atoms with Gasteiger partial charge in [-0.25, -0.2) is 4.98 Å². The second-order valence-electron chi connectivity index (χ2n) is 7.79. The number of benzene rings is 2. The smallest absolute Gasteiger partial charge is 0.352 e. The standard InChI is InChI=1S/C23H21F3N4O3/c24-23(25,26)16-4-1-5-17(13-16)30-14-28-19-12-15(7-8-18(19)22(30)33)21(32)27-9-3-11-29-10-2-6-20(29)31/h1,4-5,7-8,12-14H,2-3,6,9-11H2,(H,27,32). The van der Waals surface area contributed by atoms with Gasteiger partial charge in [0.05, 0.1) is 22.2 Å². The molecule has 1 aliphatic rings. The number of alkyl halides is 3. The highest BCUT2D eigenvalue weighted by Gasteiger charge is 2.30. The third-order valence-electron chi connectivity index (χ3n) is 5.53. The van der Waals surface area contributed by atoms with E-state index >= 15 is 0 Å². The van der Waals surface area contributed by atoms with Crippen molar-refractivity contribution in [3.05, 3.63) is 70.3 Å². The van der Waals surface area contributed by atoms with Crippen molar-refractivity contribution in [2.45, 2.75) is 25.4 Å². The molecule has 1 N–H and O–H groups in total. The molecule has 0 saturated carbocycles. The van der Waals surface area contributed by atoms with Gasteiger partial charge in [0.15, 0.2) is 0 Å². The normalized spacial score (nSPS) is 14.2. The molecule has 10 heteroatoms. The zero-order valence-corrected chi connectivity index (χ0v) is 17.6. The van der Waals surface area contributed by atoms with Crippen LogP contribution in [0.3, 0.4) is 0 Å². The van der Waals surface area contributed by atoms with Crippen molar-refractivity contribution in [3.63, 3.8) is 0 Å². The zero-order chi connectivity index (χ0) is 23.6. The lowest BCUT2D eigenvalue weighted by Gasteiger charge is -2.15. The summed E-state index contributed by atoms with van der Waals surface area (Å²) < 4.78 is 40.1. The molecule has 2 amide bonds. The molecule has 0 bridgehead atoms. The highest BCUT2D eigenvalue weighted by Crippen LogP contribution is 2.30. The van der Waals surface area contributed by atoms with Gasteiger partial charge in [-0.15, -0.1) is 0 Å². The first-order valence-electron chi connectivity index (χ1n) is 10.5. The molecule has 4 rings (SSSR count). The van der Waals surface area contributed by atoms with Crippen molar-refractivity contribution in [2.24, 2.45) is 0 Å². The van der Waals surface area contributed by atoms with Crippen LogP contribution in [0.2, 0.25) is 0 Å². The Morgan fingerprint density at radius 3 is 2.67 bits per heavy atom. The Balaban J connectivity index is 1.48. The number of aromatic nitrogens is 2. The lowest BCUT2D eigenvalue weighted by atomic mass is 10.1. The van der Waals surface area contributed by atoms with Crippen LogP contribution in [0, 0.1) is 0 Å². The van der Waals surface area contributed by atoms with Crippen LogP contribution < -0.4 is 10.9 Å². The zero-order valence-electron chi connectivity index (χ0n) is 17.6. The molecule has 1 aliphatic heterocycles. The highest BCUT2D eigenvalue weighted by atomic mass is 19.4. The van der Waals surface area contributed by atoms with Crippen molar-refractivity contribution in [1.82, 2.24) is 19.8 Å². The minimum absolute atomic E-state index is 0.0440. The third-order valence-corrected chi connectivity index (χ3v) is 5.53.